The summed E-state index contributed by atoms with van der Waals surface area (Å²) in [6.07, 6.45) is 2.95. The van der Waals surface area contributed by atoms with E-state index in [4.69, 9.17) is 27.9 Å². The Morgan fingerprint density at radius 1 is 0.947 bits per heavy atom. The molecule has 2 aromatic heterocycles. The van der Waals surface area contributed by atoms with Gasteiger partial charge in [-0.3, -0.25) is 0 Å². The van der Waals surface area contributed by atoms with Gasteiger partial charge >= 0.3 is 6.01 Å². The Balaban J connectivity index is 2.03. The molecule has 0 unspecified atom stereocenters. The van der Waals surface area contributed by atoms with Crippen LogP contribution < -0.4 is 4.74 Å². The molecule has 0 amide bonds. The molecule has 0 saturated carbocycles. The van der Waals surface area contributed by atoms with Crippen molar-refractivity contribution in [3.05, 3.63) is 52.9 Å². The minimum atomic E-state index is 0.229. The smallest absolute Gasteiger partial charge is 0.321 e. The van der Waals surface area contributed by atoms with Crippen LogP contribution >= 0.6 is 23.2 Å². The van der Waals surface area contributed by atoms with E-state index in [-0.39, 0.29) is 6.01 Å². The number of ether oxygens (including phenoxy) is 1. The molecule has 2 heterocycles. The van der Waals surface area contributed by atoms with Gasteiger partial charge in [0.2, 0.25) is 0 Å². The topological polar surface area (TPSA) is 47.9 Å². The third-order valence-corrected chi connectivity index (χ3v) is 2.86. The zero-order valence-corrected chi connectivity index (χ0v) is 11.1. The number of hydrogen-bond donors (Lipinski definition) is 0. The average Bonchev–Trinajstić information content (AvgIpc) is 2.41. The second-order valence-electron chi connectivity index (χ2n) is 3.74. The third-order valence-electron chi connectivity index (χ3n) is 2.46. The van der Waals surface area contributed by atoms with Crippen molar-refractivity contribution in [3.8, 4) is 11.8 Å². The summed E-state index contributed by atoms with van der Waals surface area (Å²) in [5.41, 5.74) is 0.749. The Labute approximate surface area is 119 Å². The van der Waals surface area contributed by atoms with Gasteiger partial charge in [0, 0.05) is 5.39 Å². The fraction of sp³-hybridized carbons (Fsp3) is 0. The molecular formula is C13H7Cl2N3O. The first-order valence-electron chi connectivity index (χ1n) is 5.43. The van der Waals surface area contributed by atoms with Crippen LogP contribution in [0.2, 0.25) is 10.2 Å². The molecular weight excluding hydrogens is 285 g/mol. The number of aromatic nitrogens is 3. The highest BCUT2D eigenvalue weighted by atomic mass is 35.5. The molecule has 0 fully saturated rings. The van der Waals surface area contributed by atoms with Crippen LogP contribution in [-0.4, -0.2) is 15.0 Å². The molecule has 0 radical (unpaired) electrons. The van der Waals surface area contributed by atoms with Gasteiger partial charge in [0.15, 0.2) is 0 Å². The maximum absolute atomic E-state index is 5.86. The normalized spacial score (nSPS) is 10.6. The van der Waals surface area contributed by atoms with Crippen LogP contribution in [-0.2, 0) is 0 Å². The van der Waals surface area contributed by atoms with Gasteiger partial charge in [-0.1, -0.05) is 29.3 Å². The Hall–Kier alpha value is -1.91. The summed E-state index contributed by atoms with van der Waals surface area (Å²) in [5.74, 6) is 0.615. The first-order chi connectivity index (χ1) is 9.22. The highest BCUT2D eigenvalue weighted by Gasteiger charge is 2.06. The van der Waals surface area contributed by atoms with Crippen molar-refractivity contribution in [2.24, 2.45) is 0 Å². The van der Waals surface area contributed by atoms with Crippen LogP contribution in [0.1, 0.15) is 0 Å². The average molecular weight is 292 g/mol. The van der Waals surface area contributed by atoms with Gasteiger partial charge < -0.3 is 4.74 Å². The molecule has 0 aliphatic carbocycles. The molecule has 0 atom stereocenters. The second-order valence-corrected chi connectivity index (χ2v) is 4.57. The lowest BCUT2D eigenvalue weighted by atomic mass is 10.2. The van der Waals surface area contributed by atoms with Crippen molar-refractivity contribution in [1.29, 1.82) is 0 Å². The highest BCUT2D eigenvalue weighted by molar-refractivity contribution is 6.30. The van der Waals surface area contributed by atoms with E-state index < -0.39 is 0 Å². The lowest BCUT2D eigenvalue weighted by Crippen LogP contribution is -1.92. The van der Waals surface area contributed by atoms with Crippen LogP contribution in [0.3, 0.4) is 0 Å². The van der Waals surface area contributed by atoms with Gasteiger partial charge in [0.1, 0.15) is 10.9 Å². The van der Waals surface area contributed by atoms with Gasteiger partial charge in [0.05, 0.1) is 22.9 Å². The SMILES string of the molecule is Clc1cnc(Oc2cccc3nc(Cl)ccc23)nc1. The van der Waals surface area contributed by atoms with E-state index >= 15 is 0 Å². The molecule has 0 spiro atoms. The number of benzene rings is 1. The van der Waals surface area contributed by atoms with Crippen molar-refractivity contribution in [1.82, 2.24) is 15.0 Å². The van der Waals surface area contributed by atoms with E-state index in [0.29, 0.717) is 15.9 Å². The van der Waals surface area contributed by atoms with Crippen LogP contribution in [0.4, 0.5) is 0 Å². The summed E-state index contributed by atoms with van der Waals surface area (Å²) in [5, 5.41) is 1.73. The van der Waals surface area contributed by atoms with E-state index in [1.54, 1.807) is 6.07 Å². The van der Waals surface area contributed by atoms with E-state index in [9.17, 15) is 0 Å². The lowest BCUT2D eigenvalue weighted by molar-refractivity contribution is 0.446. The quantitative estimate of drug-likeness (QED) is 0.666. The summed E-state index contributed by atoms with van der Waals surface area (Å²) < 4.78 is 5.62. The largest absolute Gasteiger partial charge is 0.424 e. The predicted molar refractivity (Wildman–Crippen MR) is 73.9 cm³/mol. The number of pyridine rings is 1. The molecule has 0 N–H and O–H groups in total. The molecule has 3 rings (SSSR count). The maximum atomic E-state index is 5.86. The Morgan fingerprint density at radius 3 is 2.53 bits per heavy atom. The Morgan fingerprint density at radius 2 is 1.74 bits per heavy atom. The third kappa shape index (κ3) is 2.59. The minimum absolute atomic E-state index is 0.229. The standard InChI is InChI=1S/C13H7Cl2N3O/c14-8-6-16-13(17-7-8)19-11-3-1-2-10-9(11)4-5-12(15)18-10/h1-7H. The maximum Gasteiger partial charge on any atom is 0.321 e. The fourth-order valence-corrected chi connectivity index (χ4v) is 1.89. The molecule has 3 aromatic rings. The van der Waals surface area contributed by atoms with Crippen LogP contribution in [0, 0.1) is 0 Å². The van der Waals surface area contributed by atoms with Crippen molar-refractivity contribution in [3.63, 3.8) is 0 Å². The summed E-state index contributed by atoms with van der Waals surface area (Å²) in [6.45, 7) is 0. The molecule has 6 heteroatoms. The molecule has 4 nitrogen and oxygen atoms in total. The molecule has 19 heavy (non-hydrogen) atoms. The number of halogens is 2. The second kappa shape index (κ2) is 4.99. The van der Waals surface area contributed by atoms with Crippen LogP contribution in [0.15, 0.2) is 42.7 Å². The first kappa shape index (κ1) is 12.1. The summed E-state index contributed by atoms with van der Waals surface area (Å²) in [4.78, 5) is 12.2. The van der Waals surface area contributed by atoms with Gasteiger partial charge in [-0.2, -0.15) is 0 Å². The van der Waals surface area contributed by atoms with E-state index in [1.807, 2.05) is 24.3 Å². The van der Waals surface area contributed by atoms with Crippen molar-refractivity contribution in [2.75, 3.05) is 0 Å². The summed E-state index contributed by atoms with van der Waals surface area (Å²) in [6, 6.07) is 9.28. The summed E-state index contributed by atoms with van der Waals surface area (Å²) in [7, 11) is 0. The van der Waals surface area contributed by atoms with E-state index in [1.165, 1.54) is 12.4 Å². The molecule has 0 saturated heterocycles. The van der Waals surface area contributed by atoms with Crippen molar-refractivity contribution < 1.29 is 4.74 Å². The molecule has 94 valence electrons. The van der Waals surface area contributed by atoms with Crippen LogP contribution in [0.25, 0.3) is 10.9 Å². The van der Waals surface area contributed by atoms with Crippen LogP contribution in [0.5, 0.6) is 11.8 Å². The Bertz CT molecular complexity index is 732. The van der Waals surface area contributed by atoms with E-state index in [2.05, 4.69) is 15.0 Å². The van der Waals surface area contributed by atoms with Gasteiger partial charge in [-0.15, -0.1) is 0 Å². The fourth-order valence-electron chi connectivity index (χ4n) is 1.64. The first-order valence-corrected chi connectivity index (χ1v) is 6.19. The van der Waals surface area contributed by atoms with Crippen molar-refractivity contribution in [2.45, 2.75) is 0 Å². The Kier molecular flexibility index (Phi) is 3.19. The van der Waals surface area contributed by atoms with Gasteiger partial charge in [0.25, 0.3) is 0 Å². The number of rotatable bonds is 2. The van der Waals surface area contributed by atoms with Gasteiger partial charge in [-0.05, 0) is 24.3 Å². The zero-order valence-electron chi connectivity index (χ0n) is 9.55. The monoisotopic (exact) mass is 291 g/mol. The molecule has 1 aromatic carbocycles. The number of nitrogens with zero attached hydrogens (tertiary/aromatic N) is 3. The lowest BCUT2D eigenvalue weighted by Gasteiger charge is -2.06. The summed E-state index contributed by atoms with van der Waals surface area (Å²) >= 11 is 11.6. The predicted octanol–water partition coefficient (Wildman–Crippen LogP) is 4.12. The minimum Gasteiger partial charge on any atom is -0.424 e. The molecule has 0 bridgehead atoms. The van der Waals surface area contributed by atoms with Gasteiger partial charge in [-0.25, -0.2) is 15.0 Å². The van der Waals surface area contributed by atoms with E-state index in [0.717, 1.165) is 10.9 Å². The highest BCUT2D eigenvalue weighted by Crippen LogP contribution is 2.28. The zero-order chi connectivity index (χ0) is 13.2. The number of hydrogen-bond acceptors (Lipinski definition) is 4. The van der Waals surface area contributed by atoms with Crippen molar-refractivity contribution >= 4 is 34.1 Å². The molecule has 0 aliphatic rings. The molecule has 0 aliphatic heterocycles. The number of fused-ring (bicyclic) bond motifs is 1.